The molecule has 0 radical (unpaired) electrons. The van der Waals surface area contributed by atoms with Crippen LogP contribution in [0.15, 0.2) is 41.4 Å². The maximum atomic E-state index is 12.4. The Kier molecular flexibility index (Phi) is 5.06. The Balaban J connectivity index is 2.04. The highest BCUT2D eigenvalue weighted by Crippen LogP contribution is 2.26. The van der Waals surface area contributed by atoms with Crippen LogP contribution in [0.3, 0.4) is 0 Å². The van der Waals surface area contributed by atoms with Crippen LogP contribution >= 0.6 is 22.9 Å². The second-order valence-electron chi connectivity index (χ2n) is 5.35. The number of nitro benzene ring substituents is 1. The van der Waals surface area contributed by atoms with Crippen LogP contribution in [-0.2, 0) is 7.05 Å². The quantitative estimate of drug-likeness (QED) is 0.497. The van der Waals surface area contributed by atoms with Crippen molar-refractivity contribution in [2.75, 3.05) is 6.61 Å². The Bertz CT molecular complexity index is 1090. The van der Waals surface area contributed by atoms with Crippen molar-refractivity contribution in [1.29, 1.82) is 0 Å². The number of nitrogens with zero attached hydrogens (tertiary/aromatic N) is 3. The third-order valence-corrected chi connectivity index (χ3v) is 5.09. The lowest BCUT2D eigenvalue weighted by Crippen LogP contribution is -2.13. The van der Waals surface area contributed by atoms with Crippen molar-refractivity contribution in [1.82, 2.24) is 4.57 Å². The number of fused-ring (bicyclic) bond motifs is 1. The van der Waals surface area contributed by atoms with Gasteiger partial charge in [0.15, 0.2) is 4.80 Å². The van der Waals surface area contributed by atoms with Gasteiger partial charge in [0.2, 0.25) is 0 Å². The van der Waals surface area contributed by atoms with Crippen LogP contribution in [0.4, 0.5) is 5.69 Å². The maximum absolute atomic E-state index is 12.4. The molecule has 0 bridgehead atoms. The summed E-state index contributed by atoms with van der Waals surface area (Å²) >= 11 is 7.11. The zero-order valence-electron chi connectivity index (χ0n) is 13.9. The van der Waals surface area contributed by atoms with E-state index in [1.54, 1.807) is 11.6 Å². The number of benzene rings is 2. The third kappa shape index (κ3) is 3.47. The average molecular weight is 392 g/mol. The van der Waals surface area contributed by atoms with Gasteiger partial charge in [-0.25, -0.2) is 0 Å². The Labute approximate surface area is 157 Å². The molecule has 2 aromatic carbocycles. The van der Waals surface area contributed by atoms with E-state index in [0.29, 0.717) is 11.4 Å². The normalized spacial score (nSPS) is 11.7. The van der Waals surface area contributed by atoms with Crippen molar-refractivity contribution >= 4 is 44.7 Å². The van der Waals surface area contributed by atoms with Crippen LogP contribution in [0.5, 0.6) is 5.75 Å². The number of thiazole rings is 1. The van der Waals surface area contributed by atoms with Gasteiger partial charge in [0, 0.05) is 18.7 Å². The number of carbonyl (C=O) groups excluding carboxylic acids is 1. The summed E-state index contributed by atoms with van der Waals surface area (Å²) < 4.78 is 8.20. The fourth-order valence-corrected chi connectivity index (χ4v) is 3.65. The summed E-state index contributed by atoms with van der Waals surface area (Å²) in [7, 11) is 1.80. The van der Waals surface area contributed by atoms with Crippen molar-refractivity contribution in [3.05, 3.63) is 61.9 Å². The van der Waals surface area contributed by atoms with Gasteiger partial charge in [-0.15, -0.1) is 0 Å². The second-order valence-corrected chi connectivity index (χ2v) is 6.76. The van der Waals surface area contributed by atoms with E-state index in [4.69, 9.17) is 16.3 Å². The molecule has 3 rings (SSSR count). The number of hydrogen-bond acceptors (Lipinski definition) is 5. The molecular formula is C17H14ClN3O4S. The predicted molar refractivity (Wildman–Crippen MR) is 100.0 cm³/mol. The van der Waals surface area contributed by atoms with E-state index in [2.05, 4.69) is 4.99 Å². The van der Waals surface area contributed by atoms with Crippen LogP contribution < -0.4 is 9.54 Å². The highest BCUT2D eigenvalue weighted by molar-refractivity contribution is 7.16. The number of rotatable bonds is 4. The molecular weight excluding hydrogens is 378 g/mol. The number of aromatic nitrogens is 1. The zero-order valence-corrected chi connectivity index (χ0v) is 15.5. The van der Waals surface area contributed by atoms with E-state index in [0.717, 1.165) is 22.0 Å². The van der Waals surface area contributed by atoms with Gasteiger partial charge in [0.25, 0.3) is 11.6 Å². The highest BCUT2D eigenvalue weighted by Gasteiger charge is 2.16. The smallest absolute Gasteiger partial charge is 0.288 e. The molecule has 1 aromatic heterocycles. The molecule has 3 aromatic rings. The van der Waals surface area contributed by atoms with Crippen molar-refractivity contribution in [2.45, 2.75) is 6.92 Å². The largest absolute Gasteiger partial charge is 0.494 e. The number of amides is 1. The topological polar surface area (TPSA) is 86.7 Å². The molecule has 0 fully saturated rings. The predicted octanol–water partition coefficient (Wildman–Crippen LogP) is 3.94. The number of carbonyl (C=O) groups is 1. The highest BCUT2D eigenvalue weighted by atomic mass is 35.5. The summed E-state index contributed by atoms with van der Waals surface area (Å²) in [4.78, 5) is 27.4. The molecule has 1 amide bonds. The number of halogens is 1. The van der Waals surface area contributed by atoms with Gasteiger partial charge >= 0.3 is 0 Å². The lowest BCUT2D eigenvalue weighted by Gasteiger charge is -2.02. The maximum Gasteiger partial charge on any atom is 0.288 e. The van der Waals surface area contributed by atoms with Crippen LogP contribution in [0.25, 0.3) is 10.2 Å². The van der Waals surface area contributed by atoms with Gasteiger partial charge in [-0.05, 0) is 37.3 Å². The molecule has 26 heavy (non-hydrogen) atoms. The van der Waals surface area contributed by atoms with Crippen molar-refractivity contribution in [3.8, 4) is 5.75 Å². The molecule has 0 unspecified atom stereocenters. The first-order valence-electron chi connectivity index (χ1n) is 7.66. The molecule has 0 aliphatic carbocycles. The summed E-state index contributed by atoms with van der Waals surface area (Å²) in [6.07, 6.45) is 0. The van der Waals surface area contributed by atoms with Crippen LogP contribution in [-0.4, -0.2) is 22.0 Å². The number of nitro groups is 1. The van der Waals surface area contributed by atoms with Crippen molar-refractivity contribution < 1.29 is 14.5 Å². The minimum atomic E-state index is -0.631. The summed E-state index contributed by atoms with van der Waals surface area (Å²) in [5.41, 5.74) is 0.690. The fraction of sp³-hybridized carbons (Fsp3) is 0.176. The summed E-state index contributed by atoms with van der Waals surface area (Å²) in [5, 5.41) is 11.0. The van der Waals surface area contributed by atoms with Gasteiger partial charge in [-0.2, -0.15) is 4.99 Å². The van der Waals surface area contributed by atoms with Crippen molar-refractivity contribution in [3.63, 3.8) is 0 Å². The van der Waals surface area contributed by atoms with Crippen LogP contribution in [0.2, 0.25) is 5.02 Å². The Morgan fingerprint density at radius 2 is 2.12 bits per heavy atom. The van der Waals surface area contributed by atoms with Gasteiger partial charge in [0.1, 0.15) is 10.8 Å². The monoisotopic (exact) mass is 391 g/mol. The number of aryl methyl sites for hydroxylation is 1. The minimum absolute atomic E-state index is 0.0255. The standard InChI is InChI=1S/C17H14ClN3O4S/c1-3-25-11-5-7-13-15(9-11)26-17(20(13)2)19-16(22)10-4-6-12(18)14(8-10)21(23)24/h4-9H,3H2,1-2H3. The first-order valence-corrected chi connectivity index (χ1v) is 8.85. The summed E-state index contributed by atoms with van der Waals surface area (Å²) in [5.74, 6) is 0.171. The molecule has 9 heteroatoms. The van der Waals surface area contributed by atoms with Crippen LogP contribution in [0, 0.1) is 10.1 Å². The molecule has 0 atom stereocenters. The Hall–Kier alpha value is -2.71. The van der Waals surface area contributed by atoms with E-state index >= 15 is 0 Å². The lowest BCUT2D eigenvalue weighted by atomic mass is 10.2. The van der Waals surface area contributed by atoms with Crippen LogP contribution in [0.1, 0.15) is 17.3 Å². The number of hydrogen-bond donors (Lipinski definition) is 0. The SMILES string of the molecule is CCOc1ccc2c(c1)sc(=NC(=O)c1ccc(Cl)c([N+](=O)[O-])c1)n2C. The summed E-state index contributed by atoms with van der Waals surface area (Å²) in [6.45, 7) is 2.47. The van der Waals surface area contributed by atoms with E-state index in [1.165, 1.54) is 23.5 Å². The second kappa shape index (κ2) is 7.27. The molecule has 0 aliphatic rings. The van der Waals surface area contributed by atoms with Gasteiger partial charge in [-0.1, -0.05) is 22.9 Å². The minimum Gasteiger partial charge on any atom is -0.494 e. The Morgan fingerprint density at radius 3 is 2.81 bits per heavy atom. The average Bonchev–Trinajstić information content (AvgIpc) is 2.90. The summed E-state index contributed by atoms with van der Waals surface area (Å²) in [6, 6.07) is 9.51. The lowest BCUT2D eigenvalue weighted by molar-refractivity contribution is -0.384. The van der Waals surface area contributed by atoms with Gasteiger partial charge in [0.05, 0.1) is 21.7 Å². The third-order valence-electron chi connectivity index (χ3n) is 3.68. The van der Waals surface area contributed by atoms with E-state index in [1.807, 2.05) is 25.1 Å². The molecule has 0 saturated heterocycles. The first kappa shape index (κ1) is 18.1. The molecule has 1 heterocycles. The Morgan fingerprint density at radius 1 is 1.35 bits per heavy atom. The first-order chi connectivity index (χ1) is 12.4. The fourth-order valence-electron chi connectivity index (χ4n) is 2.41. The molecule has 0 saturated carbocycles. The number of ether oxygens (including phenoxy) is 1. The molecule has 7 nitrogen and oxygen atoms in total. The molecule has 134 valence electrons. The van der Waals surface area contributed by atoms with E-state index in [9.17, 15) is 14.9 Å². The van der Waals surface area contributed by atoms with E-state index < -0.39 is 10.8 Å². The zero-order chi connectivity index (χ0) is 18.8. The van der Waals surface area contributed by atoms with Gasteiger partial charge < -0.3 is 9.30 Å². The van der Waals surface area contributed by atoms with Crippen molar-refractivity contribution in [2.24, 2.45) is 12.0 Å². The molecule has 0 aliphatic heterocycles. The van der Waals surface area contributed by atoms with Gasteiger partial charge in [-0.3, -0.25) is 14.9 Å². The molecule has 0 N–H and O–H groups in total. The molecule has 0 spiro atoms. The van der Waals surface area contributed by atoms with E-state index in [-0.39, 0.29) is 16.3 Å².